The highest BCUT2D eigenvalue weighted by molar-refractivity contribution is 6.30. The number of halogens is 1. The molecule has 0 aromatic carbocycles. The first kappa shape index (κ1) is 16.0. The van der Waals surface area contributed by atoms with Gasteiger partial charge in [0.25, 0.3) is 0 Å². The fourth-order valence-corrected chi connectivity index (χ4v) is 2.97. The number of hydrogen-bond acceptors (Lipinski definition) is 5. The molecule has 0 radical (unpaired) electrons. The SMILES string of the molecule is COc1cccc(CN2CCN(c3ccc(Cl)cn3)CC2C)n1. The maximum atomic E-state index is 5.91. The van der Waals surface area contributed by atoms with E-state index in [1.807, 2.05) is 30.3 Å². The van der Waals surface area contributed by atoms with Crippen molar-refractivity contribution in [2.24, 2.45) is 0 Å². The lowest BCUT2D eigenvalue weighted by Crippen LogP contribution is -2.51. The van der Waals surface area contributed by atoms with Gasteiger partial charge in [0.2, 0.25) is 5.88 Å². The summed E-state index contributed by atoms with van der Waals surface area (Å²) >= 11 is 5.91. The third kappa shape index (κ3) is 3.92. The molecule has 23 heavy (non-hydrogen) atoms. The molecule has 0 spiro atoms. The number of rotatable bonds is 4. The number of aromatic nitrogens is 2. The third-order valence-corrected chi connectivity index (χ3v) is 4.38. The van der Waals surface area contributed by atoms with Crippen molar-refractivity contribution in [1.29, 1.82) is 0 Å². The molecule has 5 nitrogen and oxygen atoms in total. The lowest BCUT2D eigenvalue weighted by molar-refractivity contribution is 0.178. The number of methoxy groups -OCH3 is 1. The Morgan fingerprint density at radius 2 is 2.13 bits per heavy atom. The highest BCUT2D eigenvalue weighted by atomic mass is 35.5. The zero-order valence-corrected chi connectivity index (χ0v) is 14.2. The first-order valence-electron chi connectivity index (χ1n) is 7.76. The van der Waals surface area contributed by atoms with Gasteiger partial charge in [-0.2, -0.15) is 0 Å². The van der Waals surface area contributed by atoms with Crippen LogP contribution in [0, 0.1) is 0 Å². The van der Waals surface area contributed by atoms with Crippen LogP contribution in [0.15, 0.2) is 36.5 Å². The van der Waals surface area contributed by atoms with Crippen LogP contribution in [0.4, 0.5) is 5.82 Å². The predicted molar refractivity (Wildman–Crippen MR) is 92.1 cm³/mol. The van der Waals surface area contributed by atoms with Crippen LogP contribution in [0.5, 0.6) is 5.88 Å². The van der Waals surface area contributed by atoms with E-state index in [1.165, 1.54) is 0 Å². The average Bonchev–Trinajstić information content (AvgIpc) is 2.57. The highest BCUT2D eigenvalue weighted by Crippen LogP contribution is 2.20. The normalized spacial score (nSPS) is 18.9. The van der Waals surface area contributed by atoms with Gasteiger partial charge in [0.05, 0.1) is 17.8 Å². The van der Waals surface area contributed by atoms with Crippen LogP contribution >= 0.6 is 11.6 Å². The number of hydrogen-bond donors (Lipinski definition) is 0. The van der Waals surface area contributed by atoms with Crippen molar-refractivity contribution in [1.82, 2.24) is 14.9 Å². The summed E-state index contributed by atoms with van der Waals surface area (Å²) in [5.41, 5.74) is 1.04. The molecule has 0 aliphatic carbocycles. The Balaban J connectivity index is 1.63. The van der Waals surface area contributed by atoms with Crippen molar-refractivity contribution in [2.75, 3.05) is 31.6 Å². The monoisotopic (exact) mass is 332 g/mol. The molecule has 0 bridgehead atoms. The van der Waals surface area contributed by atoms with Crippen molar-refractivity contribution in [3.05, 3.63) is 47.2 Å². The molecule has 1 fully saturated rings. The van der Waals surface area contributed by atoms with Gasteiger partial charge < -0.3 is 9.64 Å². The van der Waals surface area contributed by atoms with Crippen molar-refractivity contribution < 1.29 is 4.74 Å². The molecule has 1 aliphatic rings. The predicted octanol–water partition coefficient (Wildman–Crippen LogP) is 2.85. The smallest absolute Gasteiger partial charge is 0.213 e. The summed E-state index contributed by atoms with van der Waals surface area (Å²) in [5.74, 6) is 1.65. The lowest BCUT2D eigenvalue weighted by atomic mass is 10.1. The first-order valence-corrected chi connectivity index (χ1v) is 8.14. The number of anilines is 1. The summed E-state index contributed by atoms with van der Waals surface area (Å²) in [4.78, 5) is 13.7. The van der Waals surface area contributed by atoms with Crippen molar-refractivity contribution >= 4 is 17.4 Å². The highest BCUT2D eigenvalue weighted by Gasteiger charge is 2.24. The fraction of sp³-hybridized carbons (Fsp3) is 0.412. The fourth-order valence-electron chi connectivity index (χ4n) is 2.86. The maximum absolute atomic E-state index is 5.91. The second kappa shape index (κ2) is 7.15. The van der Waals surface area contributed by atoms with Gasteiger partial charge in [0.1, 0.15) is 5.82 Å². The van der Waals surface area contributed by atoms with Gasteiger partial charge in [-0.3, -0.25) is 4.90 Å². The summed E-state index contributed by atoms with van der Waals surface area (Å²) in [5, 5.41) is 0.671. The van der Waals surface area contributed by atoms with Gasteiger partial charge in [0.15, 0.2) is 0 Å². The number of piperazine rings is 1. The number of pyridine rings is 2. The second-order valence-corrected chi connectivity index (χ2v) is 6.21. The minimum absolute atomic E-state index is 0.425. The Bertz CT molecular complexity index is 649. The van der Waals surface area contributed by atoms with E-state index in [1.54, 1.807) is 13.3 Å². The van der Waals surface area contributed by atoms with Crippen molar-refractivity contribution in [3.8, 4) is 5.88 Å². The van der Waals surface area contributed by atoms with E-state index in [9.17, 15) is 0 Å². The third-order valence-electron chi connectivity index (χ3n) is 4.16. The molecule has 1 unspecified atom stereocenters. The van der Waals surface area contributed by atoms with E-state index in [0.717, 1.165) is 37.7 Å². The van der Waals surface area contributed by atoms with Crippen molar-refractivity contribution in [3.63, 3.8) is 0 Å². The molecule has 122 valence electrons. The molecule has 2 aromatic rings. The Labute approximate surface area is 141 Å². The molecule has 0 amide bonds. The molecule has 3 heterocycles. The van der Waals surface area contributed by atoms with E-state index >= 15 is 0 Å². The Hall–Kier alpha value is -1.85. The van der Waals surface area contributed by atoms with Gasteiger partial charge in [0, 0.05) is 44.5 Å². The Morgan fingerprint density at radius 1 is 1.26 bits per heavy atom. The van der Waals surface area contributed by atoms with Crippen LogP contribution in [0.1, 0.15) is 12.6 Å². The molecule has 3 rings (SSSR count). The summed E-state index contributed by atoms with van der Waals surface area (Å²) in [6, 6.07) is 10.2. The minimum Gasteiger partial charge on any atom is -0.481 e. The van der Waals surface area contributed by atoms with Gasteiger partial charge in [-0.05, 0) is 25.1 Å². The second-order valence-electron chi connectivity index (χ2n) is 5.77. The zero-order valence-electron chi connectivity index (χ0n) is 13.4. The van der Waals surface area contributed by atoms with Gasteiger partial charge >= 0.3 is 0 Å². The minimum atomic E-state index is 0.425. The van der Waals surface area contributed by atoms with Gasteiger partial charge in [-0.15, -0.1) is 0 Å². The lowest BCUT2D eigenvalue weighted by Gasteiger charge is -2.40. The summed E-state index contributed by atoms with van der Waals surface area (Å²) in [6.07, 6.45) is 1.70. The number of ether oxygens (including phenoxy) is 1. The molecular formula is C17H21ClN4O. The Kier molecular flexibility index (Phi) is 4.98. The van der Waals surface area contributed by atoms with Crippen molar-refractivity contribution in [2.45, 2.75) is 19.5 Å². The van der Waals surface area contributed by atoms with E-state index < -0.39 is 0 Å². The maximum Gasteiger partial charge on any atom is 0.213 e. The van der Waals surface area contributed by atoms with Crippen LogP contribution in [-0.4, -0.2) is 47.7 Å². The topological polar surface area (TPSA) is 41.5 Å². The van der Waals surface area contributed by atoms with Crippen LogP contribution in [-0.2, 0) is 6.54 Å². The van der Waals surface area contributed by atoms with Crippen LogP contribution in [0.3, 0.4) is 0 Å². The molecule has 0 N–H and O–H groups in total. The Morgan fingerprint density at radius 3 is 2.83 bits per heavy atom. The zero-order chi connectivity index (χ0) is 16.2. The van der Waals surface area contributed by atoms with Crippen LogP contribution in [0.25, 0.3) is 0 Å². The van der Waals surface area contributed by atoms with Gasteiger partial charge in [-0.1, -0.05) is 17.7 Å². The quantitative estimate of drug-likeness (QED) is 0.861. The average molecular weight is 333 g/mol. The van der Waals surface area contributed by atoms with Crippen LogP contribution in [0.2, 0.25) is 5.02 Å². The van der Waals surface area contributed by atoms with E-state index in [2.05, 4.69) is 26.7 Å². The van der Waals surface area contributed by atoms with Crippen LogP contribution < -0.4 is 9.64 Å². The largest absolute Gasteiger partial charge is 0.481 e. The van der Waals surface area contributed by atoms with E-state index in [4.69, 9.17) is 16.3 Å². The molecule has 6 heteroatoms. The van der Waals surface area contributed by atoms with Gasteiger partial charge in [-0.25, -0.2) is 9.97 Å². The standard InChI is InChI=1S/C17H21ClN4O/c1-13-11-22(16-7-6-14(18)10-19-16)9-8-21(13)12-15-4-3-5-17(20-15)23-2/h3-7,10,13H,8-9,11-12H2,1-2H3. The molecule has 0 saturated carbocycles. The summed E-state index contributed by atoms with van der Waals surface area (Å²) in [7, 11) is 1.65. The molecule has 1 aliphatic heterocycles. The molecular weight excluding hydrogens is 312 g/mol. The summed E-state index contributed by atoms with van der Waals surface area (Å²) in [6.45, 7) is 5.94. The molecule has 1 atom stereocenters. The summed E-state index contributed by atoms with van der Waals surface area (Å²) < 4.78 is 5.20. The van der Waals surface area contributed by atoms with E-state index in [-0.39, 0.29) is 0 Å². The molecule has 1 saturated heterocycles. The first-order chi connectivity index (χ1) is 11.2. The van der Waals surface area contributed by atoms with E-state index in [0.29, 0.717) is 16.9 Å². The molecule has 2 aromatic heterocycles. The number of nitrogens with zero attached hydrogens (tertiary/aromatic N) is 4.